The Morgan fingerprint density at radius 3 is 2.41 bits per heavy atom. The van der Waals surface area contributed by atoms with E-state index in [4.69, 9.17) is 4.74 Å². The summed E-state index contributed by atoms with van der Waals surface area (Å²) in [7, 11) is 1.46. The highest BCUT2D eigenvalue weighted by atomic mass is 32.1. The zero-order valence-corrected chi connectivity index (χ0v) is 27.9. The topological polar surface area (TPSA) is 116 Å². The van der Waals surface area contributed by atoms with E-state index in [1.165, 1.54) is 29.4 Å². The van der Waals surface area contributed by atoms with Crippen molar-refractivity contribution in [2.24, 2.45) is 23.7 Å². The predicted molar refractivity (Wildman–Crippen MR) is 183 cm³/mol. The molecular weight excluding hydrogens is 639 g/mol. The van der Waals surface area contributed by atoms with Crippen molar-refractivity contribution < 1.29 is 29.0 Å². The number of fused-ring (bicyclic) bond motifs is 4. The van der Waals surface area contributed by atoms with Gasteiger partial charge in [0.1, 0.15) is 0 Å². The molecule has 3 aromatic carbocycles. The number of phenols is 1. The number of allylic oxidation sites excluding steroid dienone is 2. The minimum Gasteiger partial charge on any atom is -0.504 e. The summed E-state index contributed by atoms with van der Waals surface area (Å²) in [6.45, 7) is 2.18. The minimum atomic E-state index is -1.39. The first-order valence-electron chi connectivity index (χ1n) is 16.5. The maximum absolute atomic E-state index is 15.2. The van der Waals surface area contributed by atoms with Crippen LogP contribution in [0.3, 0.4) is 0 Å². The fourth-order valence-electron chi connectivity index (χ4n) is 8.78. The Bertz CT molecular complexity index is 2010. The predicted octanol–water partition coefficient (Wildman–Crippen LogP) is 5.96. The Hall–Kier alpha value is -5.22. The molecule has 2 N–H and O–H groups in total. The van der Waals surface area contributed by atoms with Crippen LogP contribution in [-0.4, -0.2) is 45.8 Å². The molecule has 248 valence electrons. The second kappa shape index (κ2) is 11.7. The first-order chi connectivity index (χ1) is 23.7. The van der Waals surface area contributed by atoms with Crippen LogP contribution < -0.4 is 10.2 Å². The van der Waals surface area contributed by atoms with Crippen LogP contribution in [0.15, 0.2) is 102 Å². The second-order valence-corrected chi connectivity index (χ2v) is 14.4. The van der Waals surface area contributed by atoms with Gasteiger partial charge in [0.2, 0.25) is 11.8 Å². The smallest absolute Gasteiger partial charge is 0.260 e. The monoisotopic (exact) mass is 673 g/mol. The summed E-state index contributed by atoms with van der Waals surface area (Å²) in [6.07, 6.45) is 2.59. The molecular formula is C39H35N3O6S. The van der Waals surface area contributed by atoms with Crippen molar-refractivity contribution in [3.8, 4) is 11.5 Å². The number of hydrazine groups is 1. The maximum Gasteiger partial charge on any atom is 0.260 e. The largest absolute Gasteiger partial charge is 0.504 e. The lowest BCUT2D eigenvalue weighted by Gasteiger charge is -2.50. The standard InChI is InChI=1S/C39H35N3O6S/c1-22-10-13-25(14-11-22)40-42-36(45)30-20-29-27(15-16-28-33(29)37(46)41(35(28)44)21-26-9-6-18-49-26)34(23-12-17-31(43)32(19-23)48-2)39(30,38(42)47)24-7-4-3-5-8-24/h3-15,17-19,28-30,33-34,40,43H,16,20-21H2,1-2H3/t28-,29+,30-,33-,34-,39+/m0/s1. The number of nitrogens with one attached hydrogen (secondary N) is 1. The van der Waals surface area contributed by atoms with Crippen LogP contribution >= 0.6 is 11.3 Å². The molecule has 0 unspecified atom stereocenters. The first-order valence-corrected chi connectivity index (χ1v) is 17.3. The van der Waals surface area contributed by atoms with Gasteiger partial charge in [0, 0.05) is 10.8 Å². The number of aryl methyl sites for hydroxylation is 1. The average Bonchev–Trinajstić information content (AvgIpc) is 3.78. The number of phenolic OH excluding ortho intramolecular Hbond substituents is 1. The third kappa shape index (κ3) is 4.64. The summed E-state index contributed by atoms with van der Waals surface area (Å²) in [5, 5.41) is 13.7. The third-order valence-corrected chi connectivity index (χ3v) is 11.8. The van der Waals surface area contributed by atoms with Crippen LogP contribution in [0.2, 0.25) is 0 Å². The molecule has 4 amide bonds. The van der Waals surface area contributed by atoms with Crippen molar-refractivity contribution in [2.45, 2.75) is 37.6 Å². The molecule has 9 nitrogen and oxygen atoms in total. The van der Waals surface area contributed by atoms with Crippen LogP contribution in [0.5, 0.6) is 11.5 Å². The Balaban J connectivity index is 1.31. The van der Waals surface area contributed by atoms with E-state index >= 15 is 4.79 Å². The lowest BCUT2D eigenvalue weighted by Crippen LogP contribution is -2.53. The van der Waals surface area contributed by atoms with Crippen LogP contribution in [0.4, 0.5) is 5.69 Å². The molecule has 3 heterocycles. The second-order valence-electron chi connectivity index (χ2n) is 13.4. The number of ether oxygens (including phenoxy) is 1. The Kier molecular flexibility index (Phi) is 7.44. The van der Waals surface area contributed by atoms with E-state index in [9.17, 15) is 19.5 Å². The van der Waals surface area contributed by atoms with Gasteiger partial charge in [-0.25, -0.2) is 0 Å². The van der Waals surface area contributed by atoms with Gasteiger partial charge in [-0.2, -0.15) is 5.01 Å². The quantitative estimate of drug-likeness (QED) is 0.184. The molecule has 1 aromatic heterocycles. The van der Waals surface area contributed by atoms with Crippen LogP contribution in [0.25, 0.3) is 0 Å². The summed E-state index contributed by atoms with van der Waals surface area (Å²) >= 11 is 1.50. The van der Waals surface area contributed by atoms with Gasteiger partial charge in [-0.1, -0.05) is 71.8 Å². The zero-order chi connectivity index (χ0) is 34.0. The van der Waals surface area contributed by atoms with Gasteiger partial charge in [0.15, 0.2) is 11.5 Å². The number of methoxy groups -OCH3 is 1. The fraction of sp³-hybridized carbons (Fsp3) is 0.282. The molecule has 1 saturated carbocycles. The number of amides is 4. The van der Waals surface area contributed by atoms with Crippen LogP contribution in [0.1, 0.15) is 40.3 Å². The van der Waals surface area contributed by atoms with E-state index < -0.39 is 46.8 Å². The number of carbonyl (C=O) groups is 4. The molecule has 8 rings (SSSR count). The number of hydrogen-bond donors (Lipinski definition) is 2. The molecule has 3 fully saturated rings. The number of aromatic hydroxyl groups is 1. The van der Waals surface area contributed by atoms with Gasteiger partial charge in [-0.15, -0.1) is 11.3 Å². The van der Waals surface area contributed by atoms with E-state index in [-0.39, 0.29) is 36.3 Å². The lowest BCUT2D eigenvalue weighted by atomic mass is 9.49. The highest BCUT2D eigenvalue weighted by Gasteiger charge is 2.70. The van der Waals surface area contributed by atoms with Crippen molar-refractivity contribution in [2.75, 3.05) is 12.5 Å². The molecule has 0 bridgehead atoms. The minimum absolute atomic E-state index is 0.0566. The Labute approximate surface area is 287 Å². The number of imide groups is 2. The molecule has 0 radical (unpaired) electrons. The number of benzene rings is 3. The molecule has 2 aliphatic carbocycles. The molecule has 0 spiro atoms. The summed E-state index contributed by atoms with van der Waals surface area (Å²) in [6, 6.07) is 25.7. The highest BCUT2D eigenvalue weighted by Crippen LogP contribution is 2.64. The summed E-state index contributed by atoms with van der Waals surface area (Å²) in [4.78, 5) is 60.4. The zero-order valence-electron chi connectivity index (χ0n) is 27.0. The number of likely N-dealkylation sites (tertiary alicyclic amines) is 1. The van der Waals surface area contributed by atoms with Crippen molar-refractivity contribution in [3.05, 3.63) is 124 Å². The van der Waals surface area contributed by atoms with Gasteiger partial charge < -0.3 is 9.84 Å². The number of thiophene rings is 1. The van der Waals surface area contributed by atoms with Crippen molar-refractivity contribution >= 4 is 40.7 Å². The number of carbonyl (C=O) groups excluding carboxylic acids is 4. The lowest BCUT2D eigenvalue weighted by molar-refractivity contribution is -0.141. The molecule has 49 heavy (non-hydrogen) atoms. The summed E-state index contributed by atoms with van der Waals surface area (Å²) in [5.41, 5.74) is 5.56. The molecule has 4 aliphatic rings. The van der Waals surface area contributed by atoms with E-state index in [1.807, 2.05) is 85.1 Å². The van der Waals surface area contributed by atoms with E-state index in [2.05, 4.69) is 5.43 Å². The number of rotatable bonds is 7. The molecule has 4 aromatic rings. The average molecular weight is 674 g/mol. The third-order valence-electron chi connectivity index (χ3n) is 10.9. The Morgan fingerprint density at radius 1 is 0.918 bits per heavy atom. The normalized spacial score (nSPS) is 27.5. The number of nitrogens with zero attached hydrogens (tertiary/aromatic N) is 2. The van der Waals surface area contributed by atoms with Gasteiger partial charge in [-0.05, 0) is 72.5 Å². The van der Waals surface area contributed by atoms with Crippen LogP contribution in [0, 0.1) is 30.6 Å². The fourth-order valence-corrected chi connectivity index (χ4v) is 9.47. The van der Waals surface area contributed by atoms with Crippen molar-refractivity contribution in [3.63, 3.8) is 0 Å². The van der Waals surface area contributed by atoms with Gasteiger partial charge in [0.25, 0.3) is 11.8 Å². The van der Waals surface area contributed by atoms with Crippen LogP contribution in [-0.2, 0) is 31.1 Å². The van der Waals surface area contributed by atoms with E-state index in [0.29, 0.717) is 23.2 Å². The first kappa shape index (κ1) is 31.1. The highest BCUT2D eigenvalue weighted by molar-refractivity contribution is 7.09. The van der Waals surface area contributed by atoms with Gasteiger partial charge in [0.05, 0.1) is 42.5 Å². The van der Waals surface area contributed by atoms with E-state index in [1.54, 1.807) is 12.1 Å². The molecule has 2 saturated heterocycles. The van der Waals surface area contributed by atoms with Crippen molar-refractivity contribution in [1.82, 2.24) is 9.91 Å². The molecule has 2 aliphatic heterocycles. The van der Waals surface area contributed by atoms with Gasteiger partial charge >= 0.3 is 0 Å². The molecule has 6 atom stereocenters. The Morgan fingerprint density at radius 2 is 1.69 bits per heavy atom. The summed E-state index contributed by atoms with van der Waals surface area (Å²) in [5.74, 6) is -4.29. The molecule has 10 heteroatoms. The van der Waals surface area contributed by atoms with Crippen molar-refractivity contribution in [1.29, 1.82) is 0 Å². The summed E-state index contributed by atoms with van der Waals surface area (Å²) < 4.78 is 5.54. The van der Waals surface area contributed by atoms with Gasteiger partial charge in [-0.3, -0.25) is 29.5 Å². The maximum atomic E-state index is 15.2. The number of anilines is 1. The SMILES string of the molecule is COc1cc([C@H]2C3=CC[C@@H]4C(=O)N(Cc5cccs5)C(=O)[C@@H]4[C@@H]3C[C@H]3C(=O)N(Nc4ccc(C)cc4)C(=O)[C@@]23c2ccccc2)ccc1O. The van der Waals surface area contributed by atoms with E-state index in [0.717, 1.165) is 21.0 Å². The number of hydrogen-bond acceptors (Lipinski definition) is 8.